The maximum absolute atomic E-state index is 11.0. The van der Waals surface area contributed by atoms with E-state index < -0.39 is 56.5 Å². The predicted octanol–water partition coefficient (Wildman–Crippen LogP) is -4.26. The molecule has 0 aromatic carbocycles. The van der Waals surface area contributed by atoms with Crippen LogP contribution in [0.15, 0.2) is 0 Å². The van der Waals surface area contributed by atoms with E-state index in [1.54, 1.807) is 0 Å². The molecule has 0 aliphatic rings. The van der Waals surface area contributed by atoms with Crippen molar-refractivity contribution in [2.75, 3.05) is 26.4 Å². The Morgan fingerprint density at radius 1 is 0.571 bits per heavy atom. The Bertz CT molecular complexity index is 324. The molecule has 21 heavy (non-hydrogen) atoms. The molecule has 0 rings (SSSR count). The van der Waals surface area contributed by atoms with Crippen LogP contribution in [0.4, 0.5) is 0 Å². The van der Waals surface area contributed by atoms with E-state index in [4.69, 9.17) is 20.4 Å². The maximum atomic E-state index is 11.0. The van der Waals surface area contributed by atoms with Crippen molar-refractivity contribution >= 4 is 23.9 Å². The molecule has 0 aliphatic heterocycles. The van der Waals surface area contributed by atoms with Gasteiger partial charge in [0.1, 0.15) is 26.4 Å². The van der Waals surface area contributed by atoms with Gasteiger partial charge in [0.2, 0.25) is 0 Å². The van der Waals surface area contributed by atoms with Crippen LogP contribution in [0.2, 0.25) is 0 Å². The zero-order chi connectivity index (χ0) is 16.5. The number of hydrogen-bond acceptors (Lipinski definition) is 12. The number of rotatable bonds is 8. The lowest BCUT2D eigenvalue weighted by atomic mass is 10.7. The van der Waals surface area contributed by atoms with E-state index in [-0.39, 0.29) is 0 Å². The summed E-state index contributed by atoms with van der Waals surface area (Å²) in [6.07, 6.45) is -3.45. The quantitative estimate of drug-likeness (QED) is 0.250. The van der Waals surface area contributed by atoms with Crippen molar-refractivity contribution in [1.29, 1.82) is 0 Å². The Balaban J connectivity index is 5.43. The summed E-state index contributed by atoms with van der Waals surface area (Å²) in [4.78, 5) is 44.0. The van der Waals surface area contributed by atoms with E-state index >= 15 is 0 Å². The molecule has 0 amide bonds. The topological polar surface area (TPSA) is 186 Å². The molecule has 0 radical (unpaired) electrons. The second-order valence-electron chi connectivity index (χ2n) is 3.03. The van der Waals surface area contributed by atoms with Crippen LogP contribution in [0.25, 0.3) is 0 Å². The van der Waals surface area contributed by atoms with Crippen LogP contribution in [-0.2, 0) is 38.1 Å². The van der Waals surface area contributed by atoms with Gasteiger partial charge in [0, 0.05) is 0 Å². The molecule has 0 unspecified atom stereocenters. The molecule has 0 aliphatic carbocycles. The second-order valence-corrected chi connectivity index (χ2v) is 3.03. The van der Waals surface area contributed by atoms with Gasteiger partial charge in [0.15, 0.2) is 0 Å². The van der Waals surface area contributed by atoms with Crippen LogP contribution in [0.1, 0.15) is 0 Å². The van der Waals surface area contributed by atoms with Crippen LogP contribution in [0, 0.1) is 0 Å². The molecule has 120 valence electrons. The van der Waals surface area contributed by atoms with E-state index in [2.05, 4.69) is 18.9 Å². The zero-order valence-corrected chi connectivity index (χ0v) is 10.4. The van der Waals surface area contributed by atoms with Gasteiger partial charge >= 0.3 is 30.0 Å². The molecule has 0 spiro atoms. The van der Waals surface area contributed by atoms with E-state index in [1.165, 1.54) is 0 Å². The molecule has 0 aromatic heterocycles. The predicted molar refractivity (Wildman–Crippen MR) is 55.4 cm³/mol. The van der Waals surface area contributed by atoms with Gasteiger partial charge in [-0.3, -0.25) is 0 Å². The van der Waals surface area contributed by atoms with Gasteiger partial charge in [-0.2, -0.15) is 0 Å². The van der Waals surface area contributed by atoms with Crippen molar-refractivity contribution in [1.82, 2.24) is 0 Å². The summed E-state index contributed by atoms with van der Waals surface area (Å²) in [6.45, 7) is -5.14. The van der Waals surface area contributed by atoms with Crippen molar-refractivity contribution in [3.05, 3.63) is 0 Å². The Kier molecular flexibility index (Phi) is 7.85. The molecule has 12 nitrogen and oxygen atoms in total. The van der Waals surface area contributed by atoms with Crippen molar-refractivity contribution in [2.45, 2.75) is 6.16 Å². The summed E-state index contributed by atoms with van der Waals surface area (Å²) < 4.78 is 16.6. The molecule has 0 saturated carbocycles. The maximum Gasteiger partial charge on any atom is 0.620 e. The molecular formula is C9H12O12. The fourth-order valence-corrected chi connectivity index (χ4v) is 0.812. The van der Waals surface area contributed by atoms with Crippen molar-refractivity contribution < 1.29 is 58.6 Å². The molecule has 4 N–H and O–H groups in total. The van der Waals surface area contributed by atoms with Crippen LogP contribution >= 0.6 is 0 Å². The number of carbonyl (C=O) groups is 4. The Labute approximate surface area is 116 Å². The van der Waals surface area contributed by atoms with E-state index in [0.717, 1.165) is 0 Å². The van der Waals surface area contributed by atoms with Crippen LogP contribution < -0.4 is 0 Å². The van der Waals surface area contributed by atoms with Gasteiger partial charge in [0.25, 0.3) is 0 Å². The lowest BCUT2D eigenvalue weighted by molar-refractivity contribution is -0.433. The van der Waals surface area contributed by atoms with Gasteiger partial charge in [0.05, 0.1) is 0 Å². The van der Waals surface area contributed by atoms with Gasteiger partial charge in [-0.05, 0) is 0 Å². The van der Waals surface area contributed by atoms with Crippen molar-refractivity contribution in [2.24, 2.45) is 0 Å². The first-order valence-corrected chi connectivity index (χ1v) is 5.13. The average molecular weight is 312 g/mol. The summed E-state index contributed by atoms with van der Waals surface area (Å²) in [5.41, 5.74) is 0. The summed E-state index contributed by atoms with van der Waals surface area (Å²) >= 11 is 0. The molecule has 0 atom stereocenters. The standard InChI is InChI=1S/C9H12O12/c10-1-5(14)18-9(19-6(15)2-11,20-7(16)3-12)21-8(17)4-13/h10-13H,1-4H2. The number of esters is 4. The first-order chi connectivity index (χ1) is 9.82. The number of hydrogen-bond donors (Lipinski definition) is 4. The third-order valence-electron chi connectivity index (χ3n) is 1.47. The fourth-order valence-electron chi connectivity index (χ4n) is 0.812. The lowest BCUT2D eigenvalue weighted by Gasteiger charge is -2.27. The third-order valence-corrected chi connectivity index (χ3v) is 1.47. The molecule has 0 fully saturated rings. The van der Waals surface area contributed by atoms with Crippen molar-refractivity contribution in [3.63, 3.8) is 0 Å². The van der Waals surface area contributed by atoms with E-state index in [0.29, 0.717) is 0 Å². The summed E-state index contributed by atoms with van der Waals surface area (Å²) in [6, 6.07) is 0. The number of ether oxygens (including phenoxy) is 4. The first-order valence-electron chi connectivity index (χ1n) is 5.13. The largest absolute Gasteiger partial charge is 0.620 e. The van der Waals surface area contributed by atoms with E-state index in [9.17, 15) is 19.2 Å². The summed E-state index contributed by atoms with van der Waals surface area (Å²) in [7, 11) is 0. The van der Waals surface area contributed by atoms with Crippen LogP contribution in [-0.4, -0.2) is 76.9 Å². The number of aliphatic hydroxyl groups excluding tert-OH is 4. The zero-order valence-electron chi connectivity index (χ0n) is 10.4. The molecule has 0 aromatic rings. The Morgan fingerprint density at radius 3 is 0.905 bits per heavy atom. The fraction of sp³-hybridized carbons (Fsp3) is 0.556. The van der Waals surface area contributed by atoms with Crippen LogP contribution in [0.3, 0.4) is 0 Å². The molecular weight excluding hydrogens is 300 g/mol. The Morgan fingerprint density at radius 2 is 0.762 bits per heavy atom. The SMILES string of the molecule is O=C(CO)OC(OC(=O)CO)(OC(=O)CO)OC(=O)CO. The lowest BCUT2D eigenvalue weighted by Crippen LogP contribution is -2.50. The van der Waals surface area contributed by atoms with Crippen LogP contribution in [0.5, 0.6) is 0 Å². The smallest absolute Gasteiger partial charge is 0.385 e. The first kappa shape index (κ1) is 18.7. The highest BCUT2D eigenvalue weighted by Crippen LogP contribution is 2.19. The van der Waals surface area contributed by atoms with Gasteiger partial charge in [-0.25, -0.2) is 19.2 Å². The summed E-state index contributed by atoms with van der Waals surface area (Å²) in [5.74, 6) is -6.23. The monoisotopic (exact) mass is 312 g/mol. The van der Waals surface area contributed by atoms with Crippen molar-refractivity contribution in [3.8, 4) is 0 Å². The minimum atomic E-state index is -3.45. The van der Waals surface area contributed by atoms with Gasteiger partial charge < -0.3 is 39.4 Å². The number of carbonyl (C=O) groups excluding carboxylic acids is 4. The number of aliphatic hydroxyl groups is 4. The highest BCUT2D eigenvalue weighted by molar-refractivity contribution is 5.76. The second kappa shape index (κ2) is 8.80. The summed E-state index contributed by atoms with van der Waals surface area (Å²) in [5, 5.41) is 34.1. The molecule has 0 bridgehead atoms. The Hall–Kier alpha value is -2.28. The minimum Gasteiger partial charge on any atom is -0.385 e. The van der Waals surface area contributed by atoms with E-state index in [1.807, 2.05) is 0 Å². The molecule has 12 heteroatoms. The third kappa shape index (κ3) is 6.62. The molecule has 0 saturated heterocycles. The van der Waals surface area contributed by atoms with Gasteiger partial charge in [-0.15, -0.1) is 0 Å². The highest BCUT2D eigenvalue weighted by atomic mass is 17.0. The minimum absolute atomic E-state index is 1.29. The molecule has 0 heterocycles. The highest BCUT2D eigenvalue weighted by Gasteiger charge is 2.49. The normalized spacial score (nSPS) is 10.5. The average Bonchev–Trinajstić information content (AvgIpc) is 2.46. The van der Waals surface area contributed by atoms with Gasteiger partial charge in [-0.1, -0.05) is 0 Å².